The number of aliphatic hydroxyl groups excluding tert-OH is 1. The standard InChI is InChI=1S/C24H21NO4/c1-15-11-18(7-9-20(15)22-10-8-19(14-26)29-22)25-24(27)21-12-16-5-3-4-6-17(16)13-23(21)28-2/h3-13,26H,14H2,1-2H3,(H,25,27). The van der Waals surface area contributed by atoms with E-state index in [0.29, 0.717) is 28.5 Å². The van der Waals surface area contributed by atoms with E-state index in [1.54, 1.807) is 13.2 Å². The Labute approximate surface area is 168 Å². The Morgan fingerprint density at radius 1 is 1.03 bits per heavy atom. The van der Waals surface area contributed by atoms with Crippen LogP contribution in [-0.2, 0) is 6.61 Å². The number of aliphatic hydroxyl groups is 1. The molecule has 0 saturated carbocycles. The number of carbonyl (C=O) groups excluding carboxylic acids is 1. The quantitative estimate of drug-likeness (QED) is 0.496. The fraction of sp³-hybridized carbons (Fsp3) is 0.125. The molecule has 0 bridgehead atoms. The minimum absolute atomic E-state index is 0.138. The van der Waals surface area contributed by atoms with Gasteiger partial charge in [0.05, 0.1) is 12.7 Å². The summed E-state index contributed by atoms with van der Waals surface area (Å²) in [6, 6.07) is 20.7. The number of furan rings is 1. The number of rotatable bonds is 5. The average molecular weight is 387 g/mol. The van der Waals surface area contributed by atoms with E-state index in [0.717, 1.165) is 21.9 Å². The first-order valence-electron chi connectivity index (χ1n) is 9.28. The van der Waals surface area contributed by atoms with Crippen molar-refractivity contribution in [3.63, 3.8) is 0 Å². The van der Waals surface area contributed by atoms with E-state index < -0.39 is 0 Å². The van der Waals surface area contributed by atoms with Gasteiger partial charge in [-0.15, -0.1) is 0 Å². The van der Waals surface area contributed by atoms with Crippen molar-refractivity contribution in [3.05, 3.63) is 83.6 Å². The Hall–Kier alpha value is -3.57. The smallest absolute Gasteiger partial charge is 0.259 e. The molecule has 0 radical (unpaired) electrons. The lowest BCUT2D eigenvalue weighted by molar-refractivity contribution is 0.102. The second-order valence-electron chi connectivity index (χ2n) is 6.81. The van der Waals surface area contributed by atoms with Crippen LogP contribution in [-0.4, -0.2) is 18.1 Å². The minimum Gasteiger partial charge on any atom is -0.496 e. The number of carbonyl (C=O) groups is 1. The normalized spacial score (nSPS) is 10.9. The number of ether oxygens (including phenoxy) is 1. The molecule has 0 atom stereocenters. The van der Waals surface area contributed by atoms with E-state index in [1.165, 1.54) is 0 Å². The number of fused-ring (bicyclic) bond motifs is 1. The highest BCUT2D eigenvalue weighted by molar-refractivity contribution is 6.08. The average Bonchev–Trinajstić information content (AvgIpc) is 3.21. The topological polar surface area (TPSA) is 71.7 Å². The van der Waals surface area contributed by atoms with Gasteiger partial charge in [0.25, 0.3) is 5.91 Å². The van der Waals surface area contributed by atoms with Crippen molar-refractivity contribution in [1.29, 1.82) is 0 Å². The SMILES string of the molecule is COc1cc2ccccc2cc1C(=O)Nc1ccc(-c2ccc(CO)o2)c(C)c1. The summed E-state index contributed by atoms with van der Waals surface area (Å²) in [5.41, 5.74) is 3.02. The van der Waals surface area contributed by atoms with Crippen molar-refractivity contribution in [2.45, 2.75) is 13.5 Å². The lowest BCUT2D eigenvalue weighted by Crippen LogP contribution is -2.13. The molecule has 1 heterocycles. The number of methoxy groups -OCH3 is 1. The van der Waals surface area contributed by atoms with Crippen LogP contribution in [0, 0.1) is 6.92 Å². The lowest BCUT2D eigenvalue weighted by atomic mass is 10.0. The number of hydrogen-bond donors (Lipinski definition) is 2. The molecule has 3 aromatic carbocycles. The number of anilines is 1. The molecule has 0 unspecified atom stereocenters. The van der Waals surface area contributed by atoms with E-state index >= 15 is 0 Å². The monoisotopic (exact) mass is 387 g/mol. The molecule has 1 amide bonds. The molecule has 0 aliphatic rings. The van der Waals surface area contributed by atoms with Gasteiger partial charge in [-0.05, 0) is 65.7 Å². The van der Waals surface area contributed by atoms with Gasteiger partial charge in [0, 0.05) is 11.3 Å². The zero-order chi connectivity index (χ0) is 20.4. The van der Waals surface area contributed by atoms with E-state index in [1.807, 2.05) is 67.6 Å². The van der Waals surface area contributed by atoms with Crippen LogP contribution in [0.1, 0.15) is 21.7 Å². The number of amides is 1. The Bertz CT molecular complexity index is 1190. The van der Waals surface area contributed by atoms with Gasteiger partial charge in [0.2, 0.25) is 0 Å². The van der Waals surface area contributed by atoms with Crippen molar-refractivity contribution in [2.24, 2.45) is 0 Å². The third kappa shape index (κ3) is 3.73. The molecule has 5 heteroatoms. The van der Waals surface area contributed by atoms with Crippen LogP contribution in [0.5, 0.6) is 5.75 Å². The summed E-state index contributed by atoms with van der Waals surface area (Å²) in [5.74, 6) is 1.49. The molecular formula is C24H21NO4. The molecule has 0 aliphatic carbocycles. The van der Waals surface area contributed by atoms with Crippen molar-refractivity contribution < 1.29 is 19.1 Å². The highest BCUT2D eigenvalue weighted by atomic mass is 16.5. The Balaban J connectivity index is 1.61. The Morgan fingerprint density at radius 2 is 1.79 bits per heavy atom. The zero-order valence-corrected chi connectivity index (χ0v) is 16.2. The van der Waals surface area contributed by atoms with Gasteiger partial charge in [-0.2, -0.15) is 0 Å². The second-order valence-corrected chi connectivity index (χ2v) is 6.81. The van der Waals surface area contributed by atoms with Crippen LogP contribution in [0.4, 0.5) is 5.69 Å². The van der Waals surface area contributed by atoms with Gasteiger partial charge in [-0.1, -0.05) is 24.3 Å². The first kappa shape index (κ1) is 18.8. The molecule has 0 aliphatic heterocycles. The number of nitrogens with one attached hydrogen (secondary N) is 1. The molecule has 146 valence electrons. The van der Waals surface area contributed by atoms with E-state index in [9.17, 15) is 9.90 Å². The first-order chi connectivity index (χ1) is 14.1. The molecule has 4 rings (SSSR count). The van der Waals surface area contributed by atoms with E-state index in [4.69, 9.17) is 9.15 Å². The molecule has 0 fully saturated rings. The van der Waals surface area contributed by atoms with Gasteiger partial charge >= 0.3 is 0 Å². The summed E-state index contributed by atoms with van der Waals surface area (Å²) in [6.07, 6.45) is 0. The molecule has 1 aromatic heterocycles. The van der Waals surface area contributed by atoms with Crippen molar-refractivity contribution in [3.8, 4) is 17.1 Å². The summed E-state index contributed by atoms with van der Waals surface area (Å²) in [7, 11) is 1.56. The van der Waals surface area contributed by atoms with Crippen LogP contribution >= 0.6 is 0 Å². The van der Waals surface area contributed by atoms with Crippen LogP contribution in [0.2, 0.25) is 0 Å². The van der Waals surface area contributed by atoms with E-state index in [2.05, 4.69) is 5.32 Å². The summed E-state index contributed by atoms with van der Waals surface area (Å²) >= 11 is 0. The van der Waals surface area contributed by atoms with Crippen molar-refractivity contribution in [2.75, 3.05) is 12.4 Å². The number of benzene rings is 3. The molecule has 2 N–H and O–H groups in total. The van der Waals surface area contributed by atoms with Gasteiger partial charge in [0.1, 0.15) is 23.9 Å². The summed E-state index contributed by atoms with van der Waals surface area (Å²) in [5, 5.41) is 14.1. The van der Waals surface area contributed by atoms with E-state index in [-0.39, 0.29) is 12.5 Å². The van der Waals surface area contributed by atoms with Crippen LogP contribution in [0.15, 0.2) is 71.1 Å². The van der Waals surface area contributed by atoms with Crippen molar-refractivity contribution >= 4 is 22.4 Å². The van der Waals surface area contributed by atoms with Gasteiger partial charge in [-0.3, -0.25) is 4.79 Å². The first-order valence-corrected chi connectivity index (χ1v) is 9.28. The molecule has 0 spiro atoms. The third-order valence-corrected chi connectivity index (χ3v) is 4.88. The number of hydrogen-bond acceptors (Lipinski definition) is 4. The van der Waals surface area contributed by atoms with Gasteiger partial charge in [-0.25, -0.2) is 0 Å². The predicted octanol–water partition coefficient (Wildman–Crippen LogP) is 5.16. The van der Waals surface area contributed by atoms with Gasteiger partial charge in [0.15, 0.2) is 0 Å². The maximum Gasteiger partial charge on any atom is 0.259 e. The molecule has 0 saturated heterocycles. The lowest BCUT2D eigenvalue weighted by Gasteiger charge is -2.12. The maximum atomic E-state index is 12.9. The fourth-order valence-electron chi connectivity index (χ4n) is 3.39. The Kier molecular flexibility index (Phi) is 5.06. The highest BCUT2D eigenvalue weighted by Crippen LogP contribution is 2.30. The molecule has 5 nitrogen and oxygen atoms in total. The fourth-order valence-corrected chi connectivity index (χ4v) is 3.39. The molecular weight excluding hydrogens is 366 g/mol. The summed E-state index contributed by atoms with van der Waals surface area (Å²) in [6.45, 7) is 1.81. The second kappa shape index (κ2) is 7.81. The summed E-state index contributed by atoms with van der Waals surface area (Å²) in [4.78, 5) is 12.9. The predicted molar refractivity (Wildman–Crippen MR) is 113 cm³/mol. The Morgan fingerprint density at radius 3 is 2.45 bits per heavy atom. The molecule has 29 heavy (non-hydrogen) atoms. The summed E-state index contributed by atoms with van der Waals surface area (Å²) < 4.78 is 11.0. The molecule has 4 aromatic rings. The van der Waals surface area contributed by atoms with Crippen LogP contribution in [0.25, 0.3) is 22.1 Å². The van der Waals surface area contributed by atoms with Crippen LogP contribution in [0.3, 0.4) is 0 Å². The maximum absolute atomic E-state index is 12.9. The third-order valence-electron chi connectivity index (χ3n) is 4.88. The largest absolute Gasteiger partial charge is 0.496 e. The zero-order valence-electron chi connectivity index (χ0n) is 16.2. The van der Waals surface area contributed by atoms with Crippen LogP contribution < -0.4 is 10.1 Å². The van der Waals surface area contributed by atoms with Crippen molar-refractivity contribution in [1.82, 2.24) is 0 Å². The minimum atomic E-state index is -0.236. The van der Waals surface area contributed by atoms with Gasteiger partial charge < -0.3 is 19.6 Å². The highest BCUT2D eigenvalue weighted by Gasteiger charge is 2.15. The number of aryl methyl sites for hydroxylation is 1.